The summed E-state index contributed by atoms with van der Waals surface area (Å²) in [5.41, 5.74) is 1.23. The van der Waals surface area contributed by atoms with Crippen molar-refractivity contribution in [2.45, 2.75) is 25.5 Å². The first kappa shape index (κ1) is 14.8. The molecule has 0 aliphatic heterocycles. The third-order valence-electron chi connectivity index (χ3n) is 3.20. The van der Waals surface area contributed by atoms with Gasteiger partial charge in [-0.2, -0.15) is 0 Å². The molecule has 2 aromatic rings. The standard InChI is InChI=1S/C17H18ClNO/c1-17(2,16(20)14-6-4-3-5-7-14)19-12-13-8-10-15(18)11-9-13/h3-12,16,20H,1-2H3. The van der Waals surface area contributed by atoms with Crippen LogP contribution in [0.2, 0.25) is 5.02 Å². The van der Waals surface area contributed by atoms with Gasteiger partial charge in [-0.05, 0) is 37.1 Å². The van der Waals surface area contributed by atoms with Crippen LogP contribution in [-0.4, -0.2) is 16.9 Å². The molecule has 0 aliphatic rings. The zero-order valence-electron chi connectivity index (χ0n) is 11.6. The fourth-order valence-electron chi connectivity index (χ4n) is 1.90. The van der Waals surface area contributed by atoms with Crippen LogP contribution in [0.5, 0.6) is 0 Å². The van der Waals surface area contributed by atoms with Gasteiger partial charge in [-0.15, -0.1) is 0 Å². The summed E-state index contributed by atoms with van der Waals surface area (Å²) in [6.07, 6.45) is 1.12. The molecule has 2 nitrogen and oxygen atoms in total. The van der Waals surface area contributed by atoms with Crippen molar-refractivity contribution in [1.82, 2.24) is 0 Å². The second kappa shape index (κ2) is 6.21. The molecule has 0 saturated carbocycles. The Balaban J connectivity index is 2.16. The maximum atomic E-state index is 10.4. The fraction of sp³-hybridized carbons (Fsp3) is 0.235. The van der Waals surface area contributed by atoms with E-state index in [1.807, 2.05) is 68.4 Å². The highest BCUT2D eigenvalue weighted by atomic mass is 35.5. The lowest BCUT2D eigenvalue weighted by Crippen LogP contribution is -2.27. The smallest absolute Gasteiger partial charge is 0.104 e. The number of halogens is 1. The SMILES string of the molecule is CC(C)(N=Cc1ccc(Cl)cc1)C(O)c1ccccc1. The van der Waals surface area contributed by atoms with E-state index in [9.17, 15) is 5.11 Å². The third-order valence-corrected chi connectivity index (χ3v) is 3.45. The summed E-state index contributed by atoms with van der Waals surface area (Å²) in [4.78, 5) is 4.51. The molecule has 3 heteroatoms. The van der Waals surface area contributed by atoms with Crippen LogP contribution in [0.25, 0.3) is 0 Å². The summed E-state index contributed by atoms with van der Waals surface area (Å²) in [7, 11) is 0. The van der Waals surface area contributed by atoms with E-state index in [2.05, 4.69) is 4.99 Å². The Kier molecular flexibility index (Phi) is 4.58. The third kappa shape index (κ3) is 3.69. The summed E-state index contributed by atoms with van der Waals surface area (Å²) in [5, 5.41) is 11.1. The van der Waals surface area contributed by atoms with Gasteiger partial charge < -0.3 is 5.11 Å². The highest BCUT2D eigenvalue weighted by molar-refractivity contribution is 6.30. The molecule has 0 spiro atoms. The zero-order chi connectivity index (χ0) is 14.6. The summed E-state index contributed by atoms with van der Waals surface area (Å²) in [6, 6.07) is 17.0. The molecule has 0 amide bonds. The van der Waals surface area contributed by atoms with Crippen molar-refractivity contribution in [2.24, 2.45) is 4.99 Å². The highest BCUT2D eigenvalue weighted by Gasteiger charge is 2.27. The van der Waals surface area contributed by atoms with Crippen LogP contribution in [0.15, 0.2) is 59.6 Å². The Hall–Kier alpha value is -1.64. The lowest BCUT2D eigenvalue weighted by Gasteiger charge is -2.26. The summed E-state index contributed by atoms with van der Waals surface area (Å²) < 4.78 is 0. The molecule has 2 aromatic carbocycles. The molecule has 1 N–H and O–H groups in total. The molecular weight excluding hydrogens is 270 g/mol. The van der Waals surface area contributed by atoms with Crippen LogP contribution in [0.1, 0.15) is 31.1 Å². The molecular formula is C17H18ClNO. The topological polar surface area (TPSA) is 32.6 Å². The minimum absolute atomic E-state index is 0.596. The first-order valence-electron chi connectivity index (χ1n) is 6.53. The van der Waals surface area contributed by atoms with Gasteiger partial charge in [0.1, 0.15) is 6.10 Å². The Labute approximate surface area is 124 Å². The van der Waals surface area contributed by atoms with Crippen LogP contribution >= 0.6 is 11.6 Å². The minimum Gasteiger partial charge on any atom is -0.386 e. The molecule has 20 heavy (non-hydrogen) atoms. The largest absolute Gasteiger partial charge is 0.386 e. The molecule has 0 radical (unpaired) electrons. The molecule has 2 rings (SSSR count). The summed E-state index contributed by atoms with van der Waals surface area (Å²) in [6.45, 7) is 3.83. The van der Waals surface area contributed by atoms with Crippen molar-refractivity contribution >= 4 is 17.8 Å². The van der Waals surface area contributed by atoms with Crippen molar-refractivity contribution < 1.29 is 5.11 Å². The molecule has 1 atom stereocenters. The Morgan fingerprint density at radius 2 is 1.65 bits per heavy atom. The van der Waals surface area contributed by atoms with Gasteiger partial charge in [-0.1, -0.05) is 54.1 Å². The highest BCUT2D eigenvalue weighted by Crippen LogP contribution is 2.28. The predicted octanol–water partition coefficient (Wildman–Crippen LogP) is 4.27. The maximum absolute atomic E-state index is 10.4. The van der Waals surface area contributed by atoms with Gasteiger partial charge >= 0.3 is 0 Å². The number of hydrogen-bond acceptors (Lipinski definition) is 2. The van der Waals surface area contributed by atoms with E-state index in [0.717, 1.165) is 11.1 Å². The Morgan fingerprint density at radius 3 is 2.25 bits per heavy atom. The molecule has 0 aromatic heterocycles. The molecule has 0 fully saturated rings. The number of benzene rings is 2. The number of aliphatic imine (C=N–C) groups is 1. The molecule has 0 bridgehead atoms. The monoisotopic (exact) mass is 287 g/mol. The van der Waals surface area contributed by atoms with E-state index < -0.39 is 11.6 Å². The van der Waals surface area contributed by atoms with E-state index in [1.165, 1.54) is 0 Å². The number of aliphatic hydroxyl groups excluding tert-OH is 1. The van der Waals surface area contributed by atoms with Gasteiger partial charge in [-0.25, -0.2) is 0 Å². The number of rotatable bonds is 4. The van der Waals surface area contributed by atoms with Crippen LogP contribution in [0.3, 0.4) is 0 Å². The summed E-state index contributed by atoms with van der Waals surface area (Å²) in [5.74, 6) is 0. The van der Waals surface area contributed by atoms with Crippen molar-refractivity contribution in [3.05, 3.63) is 70.7 Å². The number of nitrogens with zero attached hydrogens (tertiary/aromatic N) is 1. The van der Waals surface area contributed by atoms with Gasteiger partial charge in [0.2, 0.25) is 0 Å². The number of hydrogen-bond donors (Lipinski definition) is 1. The Morgan fingerprint density at radius 1 is 1.05 bits per heavy atom. The number of aliphatic hydroxyl groups is 1. The van der Waals surface area contributed by atoms with Crippen LogP contribution in [0, 0.1) is 0 Å². The average molecular weight is 288 g/mol. The second-order valence-corrected chi connectivity index (χ2v) is 5.71. The van der Waals surface area contributed by atoms with E-state index in [4.69, 9.17) is 11.6 Å². The van der Waals surface area contributed by atoms with E-state index in [1.54, 1.807) is 6.21 Å². The van der Waals surface area contributed by atoms with E-state index in [-0.39, 0.29) is 0 Å². The van der Waals surface area contributed by atoms with E-state index >= 15 is 0 Å². The second-order valence-electron chi connectivity index (χ2n) is 5.28. The molecule has 104 valence electrons. The van der Waals surface area contributed by atoms with Crippen molar-refractivity contribution in [1.29, 1.82) is 0 Å². The first-order valence-corrected chi connectivity index (χ1v) is 6.91. The van der Waals surface area contributed by atoms with Crippen molar-refractivity contribution in [3.8, 4) is 0 Å². The molecule has 0 heterocycles. The maximum Gasteiger partial charge on any atom is 0.104 e. The molecule has 0 saturated heterocycles. The molecule has 1 unspecified atom stereocenters. The van der Waals surface area contributed by atoms with Crippen molar-refractivity contribution in [2.75, 3.05) is 0 Å². The lowest BCUT2D eigenvalue weighted by atomic mass is 9.92. The predicted molar refractivity (Wildman–Crippen MR) is 84.5 cm³/mol. The minimum atomic E-state index is -0.646. The van der Waals surface area contributed by atoms with Gasteiger partial charge in [0.05, 0.1) is 5.54 Å². The molecule has 0 aliphatic carbocycles. The van der Waals surface area contributed by atoms with Gasteiger partial charge in [0.25, 0.3) is 0 Å². The van der Waals surface area contributed by atoms with Crippen LogP contribution in [0.4, 0.5) is 0 Å². The average Bonchev–Trinajstić information content (AvgIpc) is 2.47. The quantitative estimate of drug-likeness (QED) is 0.837. The fourth-order valence-corrected chi connectivity index (χ4v) is 2.03. The van der Waals surface area contributed by atoms with Gasteiger partial charge in [0.15, 0.2) is 0 Å². The van der Waals surface area contributed by atoms with Gasteiger partial charge in [0, 0.05) is 11.2 Å². The first-order chi connectivity index (χ1) is 9.49. The van der Waals surface area contributed by atoms with Crippen molar-refractivity contribution in [3.63, 3.8) is 0 Å². The van der Waals surface area contributed by atoms with E-state index in [0.29, 0.717) is 5.02 Å². The zero-order valence-corrected chi connectivity index (χ0v) is 12.4. The summed E-state index contributed by atoms with van der Waals surface area (Å²) >= 11 is 5.85. The van der Waals surface area contributed by atoms with Gasteiger partial charge in [-0.3, -0.25) is 4.99 Å². The lowest BCUT2D eigenvalue weighted by molar-refractivity contribution is 0.106. The normalized spacial score (nSPS) is 13.6. The Bertz CT molecular complexity index is 576. The van der Waals surface area contributed by atoms with Crippen LogP contribution < -0.4 is 0 Å². The van der Waals surface area contributed by atoms with Crippen LogP contribution in [-0.2, 0) is 0 Å².